The zero-order valence-corrected chi connectivity index (χ0v) is 14.5. The molecule has 1 aliphatic rings. The van der Waals surface area contributed by atoms with E-state index >= 15 is 0 Å². The predicted molar refractivity (Wildman–Crippen MR) is 95.8 cm³/mol. The first-order valence-electron chi connectivity index (χ1n) is 8.44. The van der Waals surface area contributed by atoms with E-state index in [0.717, 1.165) is 48.2 Å². The van der Waals surface area contributed by atoms with Gasteiger partial charge in [0, 0.05) is 44.5 Å². The lowest BCUT2D eigenvalue weighted by Gasteiger charge is -2.22. The molecule has 0 bridgehead atoms. The lowest BCUT2D eigenvalue weighted by atomic mass is 10.0. The third kappa shape index (κ3) is 3.07. The Morgan fingerprint density at radius 3 is 2.92 bits per heavy atom. The van der Waals surface area contributed by atoms with Gasteiger partial charge in [0.25, 0.3) is 0 Å². The Labute approximate surface area is 147 Å². The molecule has 0 saturated heterocycles. The summed E-state index contributed by atoms with van der Waals surface area (Å²) in [7, 11) is 2.08. The highest BCUT2D eigenvalue weighted by Crippen LogP contribution is 2.31. The summed E-state index contributed by atoms with van der Waals surface area (Å²) < 4.78 is 8.07. The van der Waals surface area contributed by atoms with Crippen LogP contribution in [0.25, 0.3) is 0 Å². The third-order valence-electron chi connectivity index (χ3n) is 4.68. The molecule has 0 fully saturated rings. The van der Waals surface area contributed by atoms with Crippen molar-refractivity contribution in [3.63, 3.8) is 0 Å². The molecule has 128 valence electrons. The highest BCUT2D eigenvalue weighted by atomic mass is 16.5. The lowest BCUT2D eigenvalue weighted by molar-refractivity contribution is 0.302. The van der Waals surface area contributed by atoms with Crippen LogP contribution in [-0.4, -0.2) is 33.1 Å². The van der Waals surface area contributed by atoms with Crippen LogP contribution in [0.4, 0.5) is 5.82 Å². The quantitative estimate of drug-likeness (QED) is 0.733. The zero-order chi connectivity index (χ0) is 17.2. The van der Waals surface area contributed by atoms with Gasteiger partial charge in [0.2, 0.25) is 0 Å². The summed E-state index contributed by atoms with van der Waals surface area (Å²) in [4.78, 5) is 15.5. The summed E-state index contributed by atoms with van der Waals surface area (Å²) in [5.41, 5.74) is 3.29. The summed E-state index contributed by atoms with van der Waals surface area (Å²) in [6.45, 7) is 4.22. The monoisotopic (exact) mass is 335 g/mol. The molecule has 0 saturated carbocycles. The Kier molecular flexibility index (Phi) is 4.09. The standard InChI is InChI=1S/C19H21N5O/c1-14-20-7-8-24(14)10-9-23(2)19-16-11-15-5-3-4-6-18(15)25-12-17(16)21-13-22-19/h3-8,13H,9-12H2,1-2H3. The largest absolute Gasteiger partial charge is 0.487 e. The van der Waals surface area contributed by atoms with Gasteiger partial charge in [-0.05, 0) is 18.6 Å². The lowest BCUT2D eigenvalue weighted by Crippen LogP contribution is -2.25. The van der Waals surface area contributed by atoms with Crippen molar-refractivity contribution < 1.29 is 4.74 Å². The summed E-state index contributed by atoms with van der Waals surface area (Å²) in [5.74, 6) is 2.93. The van der Waals surface area contributed by atoms with Crippen LogP contribution in [-0.2, 0) is 19.6 Å². The molecule has 0 spiro atoms. The molecular weight excluding hydrogens is 314 g/mol. The first-order valence-corrected chi connectivity index (χ1v) is 8.44. The molecule has 0 unspecified atom stereocenters. The molecule has 3 heterocycles. The van der Waals surface area contributed by atoms with Gasteiger partial charge >= 0.3 is 0 Å². The number of para-hydroxylation sites is 1. The first kappa shape index (κ1) is 15.6. The number of anilines is 1. The molecule has 0 atom stereocenters. The van der Waals surface area contributed by atoms with Crippen LogP contribution in [0.1, 0.15) is 22.6 Å². The average Bonchev–Trinajstić information content (AvgIpc) is 2.94. The molecular formula is C19H21N5O. The van der Waals surface area contributed by atoms with Gasteiger partial charge in [-0.2, -0.15) is 0 Å². The molecule has 1 aliphatic heterocycles. The van der Waals surface area contributed by atoms with E-state index in [1.807, 2.05) is 37.5 Å². The van der Waals surface area contributed by atoms with E-state index in [9.17, 15) is 0 Å². The summed E-state index contributed by atoms with van der Waals surface area (Å²) in [6, 6.07) is 8.17. The fraction of sp³-hybridized carbons (Fsp3) is 0.316. The van der Waals surface area contributed by atoms with Crippen molar-refractivity contribution in [3.05, 3.63) is 65.6 Å². The molecule has 0 amide bonds. The van der Waals surface area contributed by atoms with Gasteiger partial charge in [0.15, 0.2) is 0 Å². The molecule has 3 aromatic rings. The van der Waals surface area contributed by atoms with Crippen molar-refractivity contribution in [1.29, 1.82) is 0 Å². The van der Waals surface area contributed by atoms with E-state index in [0.29, 0.717) is 6.61 Å². The Hall–Kier alpha value is -2.89. The number of imidazole rings is 1. The molecule has 0 aliphatic carbocycles. The van der Waals surface area contributed by atoms with Gasteiger partial charge in [0.1, 0.15) is 30.3 Å². The predicted octanol–water partition coefficient (Wildman–Crippen LogP) is 2.60. The highest BCUT2D eigenvalue weighted by molar-refractivity contribution is 5.52. The van der Waals surface area contributed by atoms with E-state index in [-0.39, 0.29) is 0 Å². The van der Waals surface area contributed by atoms with Crippen LogP contribution >= 0.6 is 0 Å². The van der Waals surface area contributed by atoms with Crippen LogP contribution in [0.2, 0.25) is 0 Å². The number of hydrogen-bond donors (Lipinski definition) is 0. The fourth-order valence-electron chi connectivity index (χ4n) is 3.20. The summed E-state index contributed by atoms with van der Waals surface area (Å²) in [5, 5.41) is 0. The maximum Gasteiger partial charge on any atom is 0.135 e. The van der Waals surface area contributed by atoms with Gasteiger partial charge in [0.05, 0.1) is 5.69 Å². The Balaban J connectivity index is 1.60. The number of nitrogens with zero attached hydrogens (tertiary/aromatic N) is 5. The van der Waals surface area contributed by atoms with Crippen LogP contribution in [0.5, 0.6) is 5.75 Å². The Bertz CT molecular complexity index is 889. The third-order valence-corrected chi connectivity index (χ3v) is 4.68. The SMILES string of the molecule is Cc1nccn1CCN(C)c1ncnc2c1Cc1ccccc1OC2. The minimum atomic E-state index is 0.482. The van der Waals surface area contributed by atoms with Gasteiger partial charge in [-0.1, -0.05) is 18.2 Å². The Morgan fingerprint density at radius 1 is 1.20 bits per heavy atom. The molecule has 1 aromatic carbocycles. The average molecular weight is 335 g/mol. The van der Waals surface area contributed by atoms with Gasteiger partial charge in [-0.3, -0.25) is 0 Å². The van der Waals surface area contributed by atoms with Gasteiger partial charge in [-0.25, -0.2) is 15.0 Å². The van der Waals surface area contributed by atoms with E-state index in [2.05, 4.69) is 37.5 Å². The highest BCUT2D eigenvalue weighted by Gasteiger charge is 2.20. The number of fused-ring (bicyclic) bond motifs is 2. The molecule has 6 heteroatoms. The second-order valence-electron chi connectivity index (χ2n) is 6.29. The smallest absolute Gasteiger partial charge is 0.135 e. The van der Waals surface area contributed by atoms with Crippen molar-refractivity contribution >= 4 is 5.82 Å². The van der Waals surface area contributed by atoms with E-state index in [4.69, 9.17) is 4.74 Å². The maximum absolute atomic E-state index is 5.92. The van der Waals surface area contributed by atoms with Gasteiger partial charge in [-0.15, -0.1) is 0 Å². The minimum absolute atomic E-state index is 0.482. The van der Waals surface area contributed by atoms with Crippen molar-refractivity contribution in [2.24, 2.45) is 0 Å². The zero-order valence-electron chi connectivity index (χ0n) is 14.5. The molecule has 0 N–H and O–H groups in total. The van der Waals surface area contributed by atoms with E-state index in [1.165, 1.54) is 5.56 Å². The van der Waals surface area contributed by atoms with Crippen LogP contribution in [0.3, 0.4) is 0 Å². The molecule has 0 radical (unpaired) electrons. The van der Waals surface area contributed by atoms with Crippen molar-refractivity contribution in [2.45, 2.75) is 26.5 Å². The molecule has 4 rings (SSSR count). The number of hydrogen-bond acceptors (Lipinski definition) is 5. The Morgan fingerprint density at radius 2 is 2.08 bits per heavy atom. The van der Waals surface area contributed by atoms with Crippen molar-refractivity contribution in [3.8, 4) is 5.75 Å². The van der Waals surface area contributed by atoms with Gasteiger partial charge < -0.3 is 14.2 Å². The first-order chi connectivity index (χ1) is 12.2. The maximum atomic E-state index is 5.92. The number of ether oxygens (including phenoxy) is 1. The number of likely N-dealkylation sites (N-methyl/N-ethyl adjacent to an activating group) is 1. The second kappa shape index (κ2) is 6.55. The van der Waals surface area contributed by atoms with E-state index < -0.39 is 0 Å². The minimum Gasteiger partial charge on any atom is -0.487 e. The normalized spacial score (nSPS) is 12.7. The van der Waals surface area contributed by atoms with Crippen molar-refractivity contribution in [2.75, 3.05) is 18.5 Å². The van der Waals surface area contributed by atoms with Crippen LogP contribution < -0.4 is 9.64 Å². The summed E-state index contributed by atoms with van der Waals surface area (Å²) >= 11 is 0. The van der Waals surface area contributed by atoms with Crippen LogP contribution in [0.15, 0.2) is 43.0 Å². The number of benzene rings is 1. The summed E-state index contributed by atoms with van der Waals surface area (Å²) in [6.07, 6.45) is 6.26. The van der Waals surface area contributed by atoms with E-state index in [1.54, 1.807) is 6.33 Å². The second-order valence-corrected chi connectivity index (χ2v) is 6.29. The molecule has 25 heavy (non-hydrogen) atoms. The topological polar surface area (TPSA) is 56.1 Å². The fourth-order valence-corrected chi connectivity index (χ4v) is 3.20. The van der Waals surface area contributed by atoms with Crippen LogP contribution in [0, 0.1) is 6.92 Å². The molecule has 2 aromatic heterocycles. The number of aryl methyl sites for hydroxylation is 1. The number of aromatic nitrogens is 4. The molecule has 6 nitrogen and oxygen atoms in total. The number of rotatable bonds is 4. The van der Waals surface area contributed by atoms with Crippen molar-refractivity contribution in [1.82, 2.24) is 19.5 Å².